The number of piperidine rings is 1. The highest BCUT2D eigenvalue weighted by Crippen LogP contribution is 2.29. The van der Waals surface area contributed by atoms with E-state index in [0.717, 1.165) is 38.2 Å². The minimum absolute atomic E-state index is 0.0838. The fourth-order valence-electron chi connectivity index (χ4n) is 3.54. The van der Waals surface area contributed by atoms with Gasteiger partial charge >= 0.3 is 5.69 Å². The lowest BCUT2D eigenvalue weighted by molar-refractivity contribution is -0.384. The van der Waals surface area contributed by atoms with Gasteiger partial charge in [-0.15, -0.1) is 0 Å². The number of allylic oxidation sites excluding steroid dienone is 2. The van der Waals surface area contributed by atoms with Crippen LogP contribution in [0.25, 0.3) is 6.08 Å². The molecule has 0 radical (unpaired) electrons. The van der Waals surface area contributed by atoms with Crippen molar-refractivity contribution in [1.29, 1.82) is 0 Å². The van der Waals surface area contributed by atoms with Gasteiger partial charge in [0.2, 0.25) is 5.82 Å². The van der Waals surface area contributed by atoms with Crippen molar-refractivity contribution in [3.63, 3.8) is 0 Å². The van der Waals surface area contributed by atoms with Gasteiger partial charge in [-0.3, -0.25) is 10.1 Å². The maximum atomic E-state index is 11.3. The molecule has 6 heteroatoms. The zero-order valence-electron chi connectivity index (χ0n) is 17.3. The Morgan fingerprint density at radius 3 is 2.66 bits per heavy atom. The summed E-state index contributed by atoms with van der Waals surface area (Å²) in [5, 5.41) is 11.3. The van der Waals surface area contributed by atoms with Gasteiger partial charge in [-0.05, 0) is 51.1 Å². The molecule has 1 aliphatic rings. The number of nitrogens with zero attached hydrogens (tertiary/aromatic N) is 4. The molecular weight excluding hydrogens is 364 g/mol. The number of hydrogen-bond acceptors (Lipinski definition) is 5. The fraction of sp³-hybridized carbons (Fsp3) is 0.348. The first-order valence-electron chi connectivity index (χ1n) is 9.89. The van der Waals surface area contributed by atoms with Crippen molar-refractivity contribution >= 4 is 17.6 Å². The maximum absolute atomic E-state index is 11.3. The van der Waals surface area contributed by atoms with E-state index in [1.165, 1.54) is 16.7 Å². The Morgan fingerprint density at radius 2 is 1.97 bits per heavy atom. The zero-order chi connectivity index (χ0) is 20.8. The summed E-state index contributed by atoms with van der Waals surface area (Å²) in [6.07, 6.45) is 8.18. The lowest BCUT2D eigenvalue weighted by Gasteiger charge is -2.29. The second kappa shape index (κ2) is 9.47. The Bertz CT molecular complexity index is 924. The molecule has 0 amide bonds. The van der Waals surface area contributed by atoms with E-state index in [-0.39, 0.29) is 10.6 Å². The summed E-state index contributed by atoms with van der Waals surface area (Å²) in [6.45, 7) is 4.28. The van der Waals surface area contributed by atoms with E-state index < -0.39 is 0 Å². The minimum Gasteiger partial charge on any atom is -0.350 e. The highest BCUT2D eigenvalue weighted by atomic mass is 16.6. The molecule has 0 spiro atoms. The first-order chi connectivity index (χ1) is 13.9. The van der Waals surface area contributed by atoms with Crippen molar-refractivity contribution in [3.05, 3.63) is 81.1 Å². The van der Waals surface area contributed by atoms with Crippen LogP contribution in [0.4, 0.5) is 11.5 Å². The first kappa shape index (κ1) is 20.7. The molecule has 1 saturated heterocycles. The van der Waals surface area contributed by atoms with Gasteiger partial charge in [-0.25, -0.2) is 4.98 Å². The highest BCUT2D eigenvalue weighted by Gasteiger charge is 2.23. The Balaban J connectivity index is 1.63. The molecule has 1 fully saturated rings. The van der Waals surface area contributed by atoms with E-state index in [4.69, 9.17) is 0 Å². The number of rotatable bonds is 6. The highest BCUT2D eigenvalue weighted by molar-refractivity contribution is 5.59. The van der Waals surface area contributed by atoms with E-state index in [1.54, 1.807) is 12.1 Å². The van der Waals surface area contributed by atoms with Crippen LogP contribution in [0, 0.1) is 17.0 Å². The van der Waals surface area contributed by atoms with Gasteiger partial charge in [0.25, 0.3) is 0 Å². The minimum atomic E-state index is -0.347. The summed E-state index contributed by atoms with van der Waals surface area (Å²) in [5.74, 6) is 0.488. The molecule has 1 aromatic carbocycles. The van der Waals surface area contributed by atoms with Gasteiger partial charge in [0.15, 0.2) is 0 Å². The third-order valence-corrected chi connectivity index (χ3v) is 4.97. The molecule has 2 aromatic rings. The number of benzene rings is 1. The fourth-order valence-corrected chi connectivity index (χ4v) is 3.54. The van der Waals surface area contributed by atoms with E-state index in [2.05, 4.69) is 66.5 Å². The lowest BCUT2D eigenvalue weighted by atomic mass is 10.0. The molecule has 2 heterocycles. The van der Waals surface area contributed by atoms with Gasteiger partial charge in [0, 0.05) is 31.4 Å². The SMILES string of the molecule is Cc1ccc([N+](=O)[O-])c(N2CCC(=C/C=C/c3cccc(CN(C)C)c3)CC2)n1. The molecular formula is C23H28N4O2. The zero-order valence-corrected chi connectivity index (χ0v) is 17.3. The third-order valence-electron chi connectivity index (χ3n) is 4.97. The molecule has 29 heavy (non-hydrogen) atoms. The van der Waals surface area contributed by atoms with Crippen molar-refractivity contribution in [1.82, 2.24) is 9.88 Å². The molecule has 1 aromatic heterocycles. The maximum Gasteiger partial charge on any atom is 0.311 e. The van der Waals surface area contributed by atoms with Crippen LogP contribution in [0.15, 0.2) is 54.1 Å². The van der Waals surface area contributed by atoms with Gasteiger partial charge in [0.1, 0.15) is 0 Å². The second-order valence-corrected chi connectivity index (χ2v) is 7.71. The normalized spacial score (nSPS) is 14.6. The Kier molecular flexibility index (Phi) is 6.77. The van der Waals surface area contributed by atoms with E-state index >= 15 is 0 Å². The van der Waals surface area contributed by atoms with Gasteiger partial charge in [-0.2, -0.15) is 0 Å². The standard InChI is InChI=1S/C23H28N4O2/c1-18-10-11-22(27(28)29)23(24-18)26-14-12-19(13-15-26)6-4-7-20-8-5-9-21(16-20)17-25(2)3/h4-11,16H,12-15,17H2,1-3H3/b7-4+. The van der Waals surface area contributed by atoms with E-state index in [0.29, 0.717) is 5.82 Å². The molecule has 152 valence electrons. The third kappa shape index (κ3) is 5.74. The molecule has 6 nitrogen and oxygen atoms in total. The average molecular weight is 393 g/mol. The number of anilines is 1. The van der Waals surface area contributed by atoms with E-state index in [1.807, 2.05) is 11.8 Å². The van der Waals surface area contributed by atoms with Gasteiger partial charge in [0.05, 0.1) is 4.92 Å². The monoisotopic (exact) mass is 392 g/mol. The van der Waals surface area contributed by atoms with Crippen LogP contribution in [0.3, 0.4) is 0 Å². The van der Waals surface area contributed by atoms with Crippen LogP contribution in [-0.2, 0) is 6.54 Å². The number of aryl methyl sites for hydroxylation is 1. The van der Waals surface area contributed by atoms with Crippen LogP contribution < -0.4 is 4.90 Å². The number of pyridine rings is 1. The van der Waals surface area contributed by atoms with Crippen LogP contribution in [0.5, 0.6) is 0 Å². The molecule has 1 aliphatic heterocycles. The summed E-state index contributed by atoms with van der Waals surface area (Å²) < 4.78 is 0. The first-order valence-corrected chi connectivity index (χ1v) is 9.89. The summed E-state index contributed by atoms with van der Waals surface area (Å²) in [4.78, 5) is 19.6. The molecule has 0 unspecified atom stereocenters. The number of hydrogen-bond donors (Lipinski definition) is 0. The van der Waals surface area contributed by atoms with Crippen molar-refractivity contribution in [2.24, 2.45) is 0 Å². The summed E-state index contributed by atoms with van der Waals surface area (Å²) in [7, 11) is 4.14. The summed E-state index contributed by atoms with van der Waals surface area (Å²) in [6, 6.07) is 11.8. The van der Waals surface area contributed by atoms with E-state index in [9.17, 15) is 10.1 Å². The molecule has 0 saturated carbocycles. The molecule has 0 N–H and O–H groups in total. The van der Waals surface area contributed by atoms with Gasteiger partial charge in [-0.1, -0.05) is 48.1 Å². The molecule has 0 bridgehead atoms. The number of aromatic nitrogens is 1. The van der Waals surface area contributed by atoms with Crippen molar-refractivity contribution < 1.29 is 4.92 Å². The van der Waals surface area contributed by atoms with Crippen molar-refractivity contribution in [3.8, 4) is 0 Å². The van der Waals surface area contributed by atoms with Crippen LogP contribution in [-0.4, -0.2) is 42.0 Å². The predicted octanol–water partition coefficient (Wildman–Crippen LogP) is 4.60. The smallest absolute Gasteiger partial charge is 0.311 e. The Morgan fingerprint density at radius 1 is 1.21 bits per heavy atom. The molecule has 0 aliphatic carbocycles. The summed E-state index contributed by atoms with van der Waals surface area (Å²) >= 11 is 0. The van der Waals surface area contributed by atoms with Gasteiger partial charge < -0.3 is 9.80 Å². The summed E-state index contributed by atoms with van der Waals surface area (Å²) in [5.41, 5.74) is 4.73. The van der Waals surface area contributed by atoms with Crippen molar-refractivity contribution in [2.75, 3.05) is 32.1 Å². The number of nitro groups is 1. The van der Waals surface area contributed by atoms with Crippen molar-refractivity contribution in [2.45, 2.75) is 26.3 Å². The Labute approximate surface area is 172 Å². The Hall–Kier alpha value is -2.99. The largest absolute Gasteiger partial charge is 0.350 e. The quantitative estimate of drug-likeness (QED) is 0.531. The molecule has 3 rings (SSSR count). The van der Waals surface area contributed by atoms with Crippen LogP contribution in [0.2, 0.25) is 0 Å². The van der Waals surface area contributed by atoms with Crippen LogP contribution in [0.1, 0.15) is 29.7 Å². The predicted molar refractivity (Wildman–Crippen MR) is 118 cm³/mol. The van der Waals surface area contributed by atoms with Crippen LogP contribution >= 0.6 is 0 Å². The average Bonchev–Trinajstić information content (AvgIpc) is 2.68. The second-order valence-electron chi connectivity index (χ2n) is 7.71. The topological polar surface area (TPSA) is 62.5 Å². The lowest BCUT2D eigenvalue weighted by Crippen LogP contribution is -2.32. The molecule has 0 atom stereocenters.